The number of thiazole rings is 1. The molecule has 0 bridgehead atoms. The molecule has 3 heterocycles. The van der Waals surface area contributed by atoms with Crippen LogP contribution in [-0.4, -0.2) is 27.0 Å². The summed E-state index contributed by atoms with van der Waals surface area (Å²) in [5, 5.41) is 10.9. The van der Waals surface area contributed by atoms with Crippen LogP contribution in [0.25, 0.3) is 4.96 Å². The number of fused-ring (bicyclic) bond motifs is 1. The van der Waals surface area contributed by atoms with Crippen molar-refractivity contribution in [3.05, 3.63) is 39.8 Å². The summed E-state index contributed by atoms with van der Waals surface area (Å²) >= 11 is 3.00. The molecule has 0 spiro atoms. The van der Waals surface area contributed by atoms with E-state index in [2.05, 4.69) is 15.4 Å². The van der Waals surface area contributed by atoms with Crippen LogP contribution in [0.4, 0.5) is 0 Å². The van der Waals surface area contributed by atoms with Crippen LogP contribution >= 0.6 is 22.7 Å². The SMILES string of the molecule is O=C(NCCc1csc2ncnn12)c1cccs1. The van der Waals surface area contributed by atoms with Gasteiger partial charge in [0.05, 0.1) is 10.6 Å². The third-order valence-corrected chi connectivity index (χ3v) is 4.25. The van der Waals surface area contributed by atoms with E-state index in [1.54, 1.807) is 17.7 Å². The van der Waals surface area contributed by atoms with Gasteiger partial charge in [0.15, 0.2) is 0 Å². The number of hydrogen-bond donors (Lipinski definition) is 1. The Kier molecular flexibility index (Phi) is 3.07. The summed E-state index contributed by atoms with van der Waals surface area (Å²) in [6, 6.07) is 3.69. The maximum absolute atomic E-state index is 11.7. The van der Waals surface area contributed by atoms with Crippen molar-refractivity contribution in [1.82, 2.24) is 19.9 Å². The van der Waals surface area contributed by atoms with Gasteiger partial charge in [0, 0.05) is 18.3 Å². The zero-order valence-corrected chi connectivity index (χ0v) is 11.0. The van der Waals surface area contributed by atoms with Gasteiger partial charge in [0.1, 0.15) is 6.33 Å². The van der Waals surface area contributed by atoms with Crippen LogP contribution in [0.2, 0.25) is 0 Å². The molecule has 0 aliphatic heterocycles. The van der Waals surface area contributed by atoms with E-state index < -0.39 is 0 Å². The lowest BCUT2D eigenvalue weighted by atomic mass is 10.3. The fourth-order valence-electron chi connectivity index (χ4n) is 1.64. The van der Waals surface area contributed by atoms with Gasteiger partial charge < -0.3 is 5.32 Å². The summed E-state index contributed by atoms with van der Waals surface area (Å²) in [5.41, 5.74) is 1.07. The lowest BCUT2D eigenvalue weighted by Gasteiger charge is -2.02. The lowest BCUT2D eigenvalue weighted by molar-refractivity contribution is 0.0958. The average Bonchev–Trinajstić information content (AvgIpc) is 3.07. The van der Waals surface area contributed by atoms with Crippen LogP contribution in [0.3, 0.4) is 0 Å². The van der Waals surface area contributed by atoms with E-state index in [1.165, 1.54) is 11.3 Å². The highest BCUT2D eigenvalue weighted by atomic mass is 32.1. The summed E-state index contributed by atoms with van der Waals surface area (Å²) in [6.07, 6.45) is 2.29. The second-order valence-electron chi connectivity index (χ2n) is 3.66. The van der Waals surface area contributed by atoms with E-state index in [4.69, 9.17) is 0 Å². The Balaban J connectivity index is 1.59. The van der Waals surface area contributed by atoms with Crippen molar-refractivity contribution >= 4 is 33.5 Å². The maximum atomic E-state index is 11.7. The van der Waals surface area contributed by atoms with Crippen LogP contribution in [-0.2, 0) is 6.42 Å². The molecule has 3 aromatic heterocycles. The second-order valence-corrected chi connectivity index (χ2v) is 5.45. The zero-order valence-electron chi connectivity index (χ0n) is 9.37. The second kappa shape index (κ2) is 4.87. The fourth-order valence-corrected chi connectivity index (χ4v) is 3.11. The highest BCUT2D eigenvalue weighted by Crippen LogP contribution is 2.13. The third kappa shape index (κ3) is 2.14. The predicted molar refractivity (Wildman–Crippen MR) is 71.2 cm³/mol. The molecule has 0 fully saturated rings. The number of nitrogens with zero attached hydrogens (tertiary/aromatic N) is 3. The molecule has 0 aliphatic rings. The highest BCUT2D eigenvalue weighted by molar-refractivity contribution is 7.15. The fraction of sp³-hybridized carbons (Fsp3) is 0.182. The van der Waals surface area contributed by atoms with E-state index in [-0.39, 0.29) is 5.91 Å². The highest BCUT2D eigenvalue weighted by Gasteiger charge is 2.08. The number of carbonyl (C=O) groups excluding carboxylic acids is 1. The van der Waals surface area contributed by atoms with Crippen molar-refractivity contribution in [2.75, 3.05) is 6.54 Å². The van der Waals surface area contributed by atoms with Gasteiger partial charge in [-0.2, -0.15) is 5.10 Å². The molecule has 3 aromatic rings. The predicted octanol–water partition coefficient (Wildman–Crippen LogP) is 1.82. The van der Waals surface area contributed by atoms with Crippen LogP contribution in [0, 0.1) is 0 Å². The number of nitrogens with one attached hydrogen (secondary N) is 1. The Hall–Kier alpha value is -1.73. The molecule has 0 aromatic carbocycles. The Morgan fingerprint density at radius 1 is 1.44 bits per heavy atom. The maximum Gasteiger partial charge on any atom is 0.261 e. The lowest BCUT2D eigenvalue weighted by Crippen LogP contribution is -2.25. The van der Waals surface area contributed by atoms with Gasteiger partial charge in [-0.25, -0.2) is 9.50 Å². The van der Waals surface area contributed by atoms with Crippen molar-refractivity contribution < 1.29 is 4.79 Å². The normalized spacial score (nSPS) is 10.9. The first-order valence-corrected chi connectivity index (χ1v) is 7.18. The molecule has 92 valence electrons. The van der Waals surface area contributed by atoms with Crippen molar-refractivity contribution in [2.45, 2.75) is 6.42 Å². The summed E-state index contributed by atoms with van der Waals surface area (Å²) < 4.78 is 1.81. The Labute approximate surface area is 111 Å². The number of amides is 1. The summed E-state index contributed by atoms with van der Waals surface area (Å²) in [5.74, 6) is -0.0185. The summed E-state index contributed by atoms with van der Waals surface area (Å²) in [7, 11) is 0. The van der Waals surface area contributed by atoms with Crippen LogP contribution in [0.5, 0.6) is 0 Å². The van der Waals surface area contributed by atoms with Crippen LogP contribution in [0.1, 0.15) is 15.4 Å². The minimum Gasteiger partial charge on any atom is -0.351 e. The van der Waals surface area contributed by atoms with Crippen LogP contribution < -0.4 is 5.32 Å². The van der Waals surface area contributed by atoms with Gasteiger partial charge in [-0.05, 0) is 11.4 Å². The molecule has 1 amide bonds. The standard InChI is InChI=1S/C11H10N4OS2/c16-10(9-2-1-5-17-9)12-4-3-8-6-18-11-13-7-14-15(8)11/h1-2,5-7H,3-4H2,(H,12,16). The van der Waals surface area contributed by atoms with E-state index in [0.717, 1.165) is 22.0 Å². The molecule has 0 atom stereocenters. The molecule has 18 heavy (non-hydrogen) atoms. The largest absolute Gasteiger partial charge is 0.351 e. The Morgan fingerprint density at radius 2 is 2.39 bits per heavy atom. The first-order valence-electron chi connectivity index (χ1n) is 5.42. The number of rotatable bonds is 4. The minimum absolute atomic E-state index is 0.0185. The van der Waals surface area contributed by atoms with E-state index in [1.807, 2.05) is 27.4 Å². The molecular weight excluding hydrogens is 268 g/mol. The average molecular weight is 278 g/mol. The van der Waals surface area contributed by atoms with Gasteiger partial charge in [0.2, 0.25) is 4.96 Å². The van der Waals surface area contributed by atoms with E-state index in [0.29, 0.717) is 6.54 Å². The Morgan fingerprint density at radius 3 is 3.22 bits per heavy atom. The molecule has 5 nitrogen and oxygen atoms in total. The number of carbonyl (C=O) groups is 1. The van der Waals surface area contributed by atoms with Crippen molar-refractivity contribution in [1.29, 1.82) is 0 Å². The monoisotopic (exact) mass is 278 g/mol. The zero-order chi connectivity index (χ0) is 12.4. The smallest absolute Gasteiger partial charge is 0.261 e. The van der Waals surface area contributed by atoms with Gasteiger partial charge in [-0.3, -0.25) is 4.79 Å². The molecule has 0 aliphatic carbocycles. The molecular formula is C11H10N4OS2. The van der Waals surface area contributed by atoms with Gasteiger partial charge >= 0.3 is 0 Å². The van der Waals surface area contributed by atoms with E-state index in [9.17, 15) is 4.79 Å². The van der Waals surface area contributed by atoms with Crippen molar-refractivity contribution in [2.24, 2.45) is 0 Å². The number of thiophene rings is 1. The summed E-state index contributed by atoms with van der Waals surface area (Å²) in [4.78, 5) is 17.4. The topological polar surface area (TPSA) is 59.3 Å². The summed E-state index contributed by atoms with van der Waals surface area (Å²) in [6.45, 7) is 0.600. The first-order chi connectivity index (χ1) is 8.84. The van der Waals surface area contributed by atoms with Crippen molar-refractivity contribution in [3.63, 3.8) is 0 Å². The van der Waals surface area contributed by atoms with Gasteiger partial charge in [-0.1, -0.05) is 6.07 Å². The molecule has 1 N–H and O–H groups in total. The molecule has 7 heteroatoms. The number of aromatic nitrogens is 3. The first kappa shape index (κ1) is 11.4. The Bertz CT molecular complexity index is 656. The van der Waals surface area contributed by atoms with E-state index >= 15 is 0 Å². The minimum atomic E-state index is -0.0185. The quantitative estimate of drug-likeness (QED) is 0.792. The number of hydrogen-bond acceptors (Lipinski definition) is 5. The third-order valence-electron chi connectivity index (χ3n) is 2.50. The van der Waals surface area contributed by atoms with Crippen LogP contribution in [0.15, 0.2) is 29.2 Å². The van der Waals surface area contributed by atoms with Gasteiger partial charge in [-0.15, -0.1) is 22.7 Å². The molecule has 0 radical (unpaired) electrons. The molecule has 3 rings (SSSR count). The molecule has 0 saturated carbocycles. The molecule has 0 saturated heterocycles. The van der Waals surface area contributed by atoms with Crippen molar-refractivity contribution in [3.8, 4) is 0 Å². The van der Waals surface area contributed by atoms with Gasteiger partial charge in [0.25, 0.3) is 5.91 Å². The molecule has 0 unspecified atom stereocenters.